The zero-order chi connectivity index (χ0) is 19.5. The number of esters is 1. The summed E-state index contributed by atoms with van der Waals surface area (Å²) < 4.78 is 20.8. The van der Waals surface area contributed by atoms with E-state index in [9.17, 15) is 19.3 Å². The maximum atomic E-state index is 12.2. The predicted octanol–water partition coefficient (Wildman–Crippen LogP) is 2.64. The summed E-state index contributed by atoms with van der Waals surface area (Å²) in [6, 6.07) is 16.4. The van der Waals surface area contributed by atoms with Crippen LogP contribution in [0.4, 0.5) is 4.79 Å². The van der Waals surface area contributed by atoms with E-state index in [0.29, 0.717) is 0 Å². The molecular weight excluding hydrogens is 369 g/mol. The van der Waals surface area contributed by atoms with E-state index in [1.807, 2.05) is 12.1 Å². The molecule has 2 aromatic rings. The van der Waals surface area contributed by atoms with Crippen molar-refractivity contribution in [3.05, 3.63) is 71.8 Å². The van der Waals surface area contributed by atoms with Crippen molar-refractivity contribution in [3.8, 4) is 5.63 Å². The Morgan fingerprint density at radius 3 is 2.00 bits per heavy atom. The molecule has 7 nitrogen and oxygen atoms in total. The molecular formula is C19H18NO6P. The normalized spacial score (nSPS) is 12.2. The Morgan fingerprint density at radius 2 is 1.48 bits per heavy atom. The number of carbonyl (C=O) groups excluding carboxylic acids is 2. The second-order valence-corrected chi connectivity index (χ2v) is 5.88. The molecule has 0 fully saturated rings. The van der Waals surface area contributed by atoms with E-state index in [2.05, 4.69) is 10.9 Å². The molecule has 8 heteroatoms. The summed E-state index contributed by atoms with van der Waals surface area (Å²) in [7, 11) is -0.609. The molecule has 0 heterocycles. The van der Waals surface area contributed by atoms with Gasteiger partial charge in [0.25, 0.3) is 0 Å². The minimum atomic E-state index is -1.63. The molecule has 0 aliphatic carbocycles. The summed E-state index contributed by atoms with van der Waals surface area (Å²) >= 11 is 0. The number of hydrogen-bond acceptors (Lipinski definition) is 6. The number of amides is 1. The number of alkyl carbamates (subject to hydrolysis) is 1. The van der Waals surface area contributed by atoms with Gasteiger partial charge in [0.05, 0.1) is 0 Å². The van der Waals surface area contributed by atoms with Crippen LogP contribution in [0.1, 0.15) is 11.1 Å². The van der Waals surface area contributed by atoms with Gasteiger partial charge in [-0.3, -0.25) is 0 Å². The van der Waals surface area contributed by atoms with E-state index in [0.717, 1.165) is 11.1 Å². The molecule has 0 unspecified atom stereocenters. The van der Waals surface area contributed by atoms with E-state index in [1.54, 1.807) is 48.5 Å². The topological polar surface area (TPSA) is 102 Å². The fourth-order valence-corrected chi connectivity index (χ4v) is 2.36. The molecule has 0 radical (unpaired) electrons. The van der Waals surface area contributed by atoms with Crippen LogP contribution in [0.25, 0.3) is 0 Å². The summed E-state index contributed by atoms with van der Waals surface area (Å²) in [5.74, 6) is -0.904. The van der Waals surface area contributed by atoms with Gasteiger partial charge < -0.3 is 0 Å². The summed E-state index contributed by atoms with van der Waals surface area (Å²) in [4.78, 5) is 24.2. The summed E-state index contributed by atoms with van der Waals surface area (Å²) in [5.41, 5.74) is 3.60. The molecule has 1 amide bonds. The van der Waals surface area contributed by atoms with Crippen LogP contribution >= 0.6 is 7.92 Å². The van der Waals surface area contributed by atoms with Gasteiger partial charge in [0, 0.05) is 0 Å². The number of nitrogens with one attached hydrogen (secondary N) is 1. The third kappa shape index (κ3) is 7.12. The number of hydrogen-bond donors (Lipinski definition) is 2. The average Bonchev–Trinajstić information content (AvgIpc) is 2.70. The number of aliphatic hydroxyl groups excluding tert-OH is 1. The quantitative estimate of drug-likeness (QED) is 0.559. The maximum absolute atomic E-state index is 12.2. The molecule has 0 saturated heterocycles. The number of carbonyl (C=O) groups is 2. The van der Waals surface area contributed by atoms with Crippen molar-refractivity contribution in [2.45, 2.75) is 25.4 Å². The molecule has 140 valence electrons. The molecule has 0 aromatic heterocycles. The Kier molecular flexibility index (Phi) is 8.33. The van der Waals surface area contributed by atoms with E-state index >= 15 is 0 Å². The number of aliphatic hydroxyl groups is 1. The van der Waals surface area contributed by atoms with Gasteiger partial charge >= 0.3 is 157 Å². The Morgan fingerprint density at radius 1 is 0.963 bits per heavy atom. The number of ether oxygens (including phenoxy) is 2. The Hall–Kier alpha value is -2.85. The van der Waals surface area contributed by atoms with E-state index in [4.69, 9.17) is 9.47 Å². The fraction of sp³-hybridized carbons (Fsp3) is 0.211. The van der Waals surface area contributed by atoms with Gasteiger partial charge in [-0.1, -0.05) is 0 Å². The van der Waals surface area contributed by atoms with Gasteiger partial charge in [-0.05, 0) is 0 Å². The van der Waals surface area contributed by atoms with Gasteiger partial charge in [-0.25, -0.2) is 0 Å². The third-order valence-corrected chi connectivity index (χ3v) is 3.83. The Balaban J connectivity index is 1.95. The van der Waals surface area contributed by atoms with E-state index in [1.165, 1.54) is 0 Å². The number of rotatable bonds is 7. The van der Waals surface area contributed by atoms with Gasteiger partial charge in [0.15, 0.2) is 0 Å². The Labute approximate surface area is 157 Å². The van der Waals surface area contributed by atoms with Crippen molar-refractivity contribution in [1.29, 1.82) is 0 Å². The minimum absolute atomic E-state index is 0.0121. The molecule has 27 heavy (non-hydrogen) atoms. The molecule has 0 spiro atoms. The van der Waals surface area contributed by atoms with Crippen LogP contribution in [0.2, 0.25) is 0 Å². The third-order valence-electron chi connectivity index (χ3n) is 3.46. The van der Waals surface area contributed by atoms with Crippen molar-refractivity contribution in [2.24, 2.45) is 0 Å². The van der Waals surface area contributed by atoms with E-state index < -0.39 is 32.1 Å². The zero-order valence-corrected chi connectivity index (χ0v) is 15.2. The monoisotopic (exact) mass is 387 g/mol. The van der Waals surface area contributed by atoms with Gasteiger partial charge in [0.2, 0.25) is 0 Å². The van der Waals surface area contributed by atoms with Crippen LogP contribution in [0.5, 0.6) is 0 Å². The first kappa shape index (κ1) is 20.5. The SMILES string of the molecule is O=P#C[C@@H](O)[C@H](NC(=O)OCc1ccccc1)C(=O)OCc1ccccc1. The molecule has 0 aliphatic heterocycles. The molecule has 2 aromatic carbocycles. The van der Waals surface area contributed by atoms with Crippen molar-refractivity contribution in [2.75, 3.05) is 0 Å². The first-order valence-corrected chi connectivity index (χ1v) is 8.85. The summed E-state index contributed by atoms with van der Waals surface area (Å²) in [6.45, 7) is -0.0550. The fourth-order valence-electron chi connectivity index (χ4n) is 2.11. The van der Waals surface area contributed by atoms with Crippen LogP contribution in [-0.4, -0.2) is 29.3 Å². The van der Waals surface area contributed by atoms with Crippen LogP contribution < -0.4 is 5.32 Å². The van der Waals surface area contributed by atoms with Crippen molar-refractivity contribution < 1.29 is 28.7 Å². The standard InChI is InChI=1S/C19H18NO6P/c21-16(13-27-24)17(18(22)25-11-14-7-3-1-4-8-14)20-19(23)26-12-15-9-5-2-6-10-15/h1-10,16-17,21H,11-12H2,(H,20,23)/t16-,17+/m1/s1. The summed E-state index contributed by atoms with van der Waals surface area (Å²) in [5, 5.41) is 12.1. The zero-order valence-electron chi connectivity index (χ0n) is 14.3. The van der Waals surface area contributed by atoms with Gasteiger partial charge in [-0.15, -0.1) is 0 Å². The first-order valence-electron chi connectivity index (χ1n) is 8.04. The van der Waals surface area contributed by atoms with Crippen molar-refractivity contribution in [1.82, 2.24) is 5.32 Å². The second kappa shape index (κ2) is 11.0. The van der Waals surface area contributed by atoms with Crippen molar-refractivity contribution in [3.63, 3.8) is 0 Å². The molecule has 2 atom stereocenters. The molecule has 2 N–H and O–H groups in total. The van der Waals surface area contributed by atoms with Gasteiger partial charge in [-0.2, -0.15) is 0 Å². The molecule has 2 rings (SSSR count). The summed E-state index contributed by atoms with van der Waals surface area (Å²) in [6.07, 6.45) is -2.55. The second-order valence-electron chi connectivity index (χ2n) is 5.44. The van der Waals surface area contributed by atoms with Crippen LogP contribution in [-0.2, 0) is 32.0 Å². The van der Waals surface area contributed by atoms with Crippen LogP contribution in [0.15, 0.2) is 60.7 Å². The van der Waals surface area contributed by atoms with Gasteiger partial charge in [0.1, 0.15) is 0 Å². The van der Waals surface area contributed by atoms with Crippen molar-refractivity contribution >= 4 is 20.0 Å². The Bertz CT molecular complexity index is 853. The van der Waals surface area contributed by atoms with Crippen LogP contribution in [0, 0.1) is 5.63 Å². The van der Waals surface area contributed by atoms with E-state index in [-0.39, 0.29) is 13.2 Å². The first-order chi connectivity index (χ1) is 13.1. The predicted molar refractivity (Wildman–Crippen MR) is 97.3 cm³/mol. The number of benzene rings is 2. The molecule has 0 aliphatic rings. The van der Waals surface area contributed by atoms with Crippen LogP contribution in [0.3, 0.4) is 0 Å². The molecule has 0 saturated carbocycles. The average molecular weight is 387 g/mol. The molecule has 0 bridgehead atoms.